The molecule has 8 nitrogen and oxygen atoms in total. The molecule has 0 N–H and O–H groups in total. The van der Waals surface area contributed by atoms with Gasteiger partial charge in [-0.15, -0.1) is 0 Å². The Morgan fingerprint density at radius 2 is 2.03 bits per heavy atom. The number of rotatable bonds is 1. The molecule has 8 heteroatoms. The van der Waals surface area contributed by atoms with Gasteiger partial charge in [0.2, 0.25) is 11.4 Å². The molecule has 2 bridgehead atoms. The molecule has 0 unspecified atom stereocenters. The Hall–Kier alpha value is -2.48. The molecule has 0 saturated carbocycles. The predicted molar refractivity (Wildman–Crippen MR) is 104 cm³/mol. The molecular weight excluding hydrogens is 378 g/mol. The number of esters is 3. The molecule has 2 rings (SSSR count). The SMILES string of the molecule is C/C=C1/C[C@@H](C)[C@](C)(OC(C)=O)C(=O)OC/C2=C/CN(C)CC[C@@H](OC1=O)C2=O. The van der Waals surface area contributed by atoms with Gasteiger partial charge in [-0.3, -0.25) is 9.59 Å². The molecule has 1 saturated heterocycles. The lowest BCUT2D eigenvalue weighted by Crippen LogP contribution is -2.48. The summed E-state index contributed by atoms with van der Waals surface area (Å²) in [5, 5.41) is 0. The van der Waals surface area contributed by atoms with Crippen molar-refractivity contribution in [3.63, 3.8) is 0 Å². The van der Waals surface area contributed by atoms with Gasteiger partial charge >= 0.3 is 17.9 Å². The molecule has 160 valence electrons. The van der Waals surface area contributed by atoms with Crippen molar-refractivity contribution in [3.05, 3.63) is 23.3 Å². The average Bonchev–Trinajstić information content (AvgIpc) is 2.65. The van der Waals surface area contributed by atoms with Crippen LogP contribution in [0, 0.1) is 5.92 Å². The van der Waals surface area contributed by atoms with Crippen molar-refractivity contribution in [1.29, 1.82) is 0 Å². The maximum atomic E-state index is 12.9. The first-order valence-electron chi connectivity index (χ1n) is 9.73. The Morgan fingerprint density at radius 1 is 1.34 bits per heavy atom. The van der Waals surface area contributed by atoms with Gasteiger partial charge in [-0.1, -0.05) is 19.1 Å². The van der Waals surface area contributed by atoms with E-state index in [0.29, 0.717) is 25.1 Å². The lowest BCUT2D eigenvalue weighted by molar-refractivity contribution is -0.185. The number of hydrogen-bond acceptors (Lipinski definition) is 8. The van der Waals surface area contributed by atoms with E-state index in [2.05, 4.69) is 0 Å². The first-order chi connectivity index (χ1) is 13.6. The molecular formula is C21H29NO7. The van der Waals surface area contributed by atoms with Crippen molar-refractivity contribution in [2.45, 2.75) is 52.2 Å². The molecule has 29 heavy (non-hydrogen) atoms. The van der Waals surface area contributed by atoms with Crippen LogP contribution in [0.15, 0.2) is 23.3 Å². The number of carbonyl (C=O) groups is 4. The first-order valence-corrected chi connectivity index (χ1v) is 9.73. The topological polar surface area (TPSA) is 99.2 Å². The highest BCUT2D eigenvalue weighted by Crippen LogP contribution is 2.31. The highest BCUT2D eigenvalue weighted by Gasteiger charge is 2.45. The van der Waals surface area contributed by atoms with E-state index in [-0.39, 0.29) is 24.4 Å². The molecule has 0 amide bonds. The van der Waals surface area contributed by atoms with Crippen molar-refractivity contribution in [2.24, 2.45) is 5.92 Å². The number of likely N-dealkylation sites (N-methyl/N-ethyl adjacent to an activating group) is 1. The number of Topliss-reactive ketones (excluding diaryl/α,β-unsaturated/α-hetero) is 1. The fourth-order valence-corrected chi connectivity index (χ4v) is 3.35. The van der Waals surface area contributed by atoms with Crippen LogP contribution in [-0.4, -0.2) is 67.0 Å². The summed E-state index contributed by atoms with van der Waals surface area (Å²) in [5.41, 5.74) is -1.05. The quantitative estimate of drug-likeness (QED) is 0.367. The molecule has 2 aliphatic heterocycles. The molecule has 1 fully saturated rings. The molecule has 0 aromatic heterocycles. The largest absolute Gasteiger partial charge is 0.458 e. The molecule has 0 aromatic rings. The van der Waals surface area contributed by atoms with Crippen LogP contribution in [0.3, 0.4) is 0 Å². The standard InChI is InChI=1S/C21H29NO7/c1-6-15-11-13(2)21(4,29-14(3)23)20(26)27-12-16-7-9-22(5)10-8-17(18(16)24)28-19(15)25/h6-7,13,17H,8-12H2,1-5H3/b15-6-,16-7-/t13-,17-,21+/m1/s1. The van der Waals surface area contributed by atoms with Crippen LogP contribution in [0.2, 0.25) is 0 Å². The summed E-state index contributed by atoms with van der Waals surface area (Å²) in [6.45, 7) is 6.83. The van der Waals surface area contributed by atoms with Crippen molar-refractivity contribution < 1.29 is 33.4 Å². The summed E-state index contributed by atoms with van der Waals surface area (Å²) in [7, 11) is 1.88. The molecule has 2 heterocycles. The zero-order valence-electron chi connectivity index (χ0n) is 17.6. The number of carbonyl (C=O) groups excluding carboxylic acids is 4. The van der Waals surface area contributed by atoms with Crippen molar-refractivity contribution in [3.8, 4) is 0 Å². The summed E-state index contributed by atoms with van der Waals surface area (Å²) < 4.78 is 16.3. The molecule has 0 spiro atoms. The van der Waals surface area contributed by atoms with Gasteiger partial charge in [0.15, 0.2) is 6.10 Å². The third-order valence-electron chi connectivity index (χ3n) is 5.48. The van der Waals surface area contributed by atoms with Crippen LogP contribution < -0.4 is 0 Å². The number of nitrogens with zero attached hydrogens (tertiary/aromatic N) is 1. The number of hydrogen-bond donors (Lipinski definition) is 0. The smallest absolute Gasteiger partial charge is 0.350 e. The Morgan fingerprint density at radius 3 is 2.66 bits per heavy atom. The van der Waals surface area contributed by atoms with Gasteiger partial charge in [0, 0.05) is 43.5 Å². The zero-order chi connectivity index (χ0) is 21.8. The Bertz CT molecular complexity index is 754. The van der Waals surface area contributed by atoms with Crippen LogP contribution in [0.4, 0.5) is 0 Å². The zero-order valence-corrected chi connectivity index (χ0v) is 17.6. The number of ether oxygens (including phenoxy) is 3. The van der Waals surface area contributed by atoms with Crippen molar-refractivity contribution in [1.82, 2.24) is 4.90 Å². The highest BCUT2D eigenvalue weighted by molar-refractivity contribution is 6.01. The normalized spacial score (nSPS) is 33.2. The lowest BCUT2D eigenvalue weighted by atomic mass is 9.84. The molecule has 0 aromatic carbocycles. The van der Waals surface area contributed by atoms with E-state index in [1.807, 2.05) is 11.9 Å². The lowest BCUT2D eigenvalue weighted by Gasteiger charge is -2.34. The third kappa shape index (κ3) is 5.32. The van der Waals surface area contributed by atoms with Gasteiger partial charge in [-0.25, -0.2) is 9.59 Å². The molecule has 3 atom stereocenters. The Kier molecular flexibility index (Phi) is 7.35. The summed E-state index contributed by atoms with van der Waals surface area (Å²) in [6.07, 6.45) is 2.78. The van der Waals surface area contributed by atoms with E-state index in [1.165, 1.54) is 13.8 Å². The van der Waals surface area contributed by atoms with E-state index < -0.39 is 35.5 Å². The van der Waals surface area contributed by atoms with E-state index >= 15 is 0 Å². The van der Waals surface area contributed by atoms with Crippen LogP contribution in [0.5, 0.6) is 0 Å². The van der Waals surface area contributed by atoms with Crippen LogP contribution in [0.25, 0.3) is 0 Å². The summed E-state index contributed by atoms with van der Waals surface area (Å²) in [5.74, 6) is -2.95. The fourth-order valence-electron chi connectivity index (χ4n) is 3.35. The van der Waals surface area contributed by atoms with Crippen molar-refractivity contribution >= 4 is 23.7 Å². The second-order valence-corrected chi connectivity index (χ2v) is 7.73. The minimum atomic E-state index is -1.61. The minimum absolute atomic E-state index is 0.123. The van der Waals surface area contributed by atoms with Gasteiger partial charge < -0.3 is 19.1 Å². The second-order valence-electron chi connectivity index (χ2n) is 7.73. The predicted octanol–water partition coefficient (Wildman–Crippen LogP) is 1.58. The molecule has 0 radical (unpaired) electrons. The Labute approximate surface area is 170 Å². The van der Waals surface area contributed by atoms with Gasteiger partial charge in [-0.05, 0) is 27.3 Å². The van der Waals surface area contributed by atoms with E-state index in [0.717, 1.165) is 0 Å². The first kappa shape index (κ1) is 22.8. The maximum absolute atomic E-state index is 12.9. The van der Waals surface area contributed by atoms with Crippen LogP contribution >= 0.6 is 0 Å². The van der Waals surface area contributed by atoms with Gasteiger partial charge in [0.25, 0.3) is 0 Å². The maximum Gasteiger partial charge on any atom is 0.350 e. The number of fused-ring (bicyclic) bond motifs is 2. The van der Waals surface area contributed by atoms with E-state index in [9.17, 15) is 19.2 Å². The average molecular weight is 407 g/mol. The minimum Gasteiger partial charge on any atom is -0.458 e. The third-order valence-corrected chi connectivity index (χ3v) is 5.48. The molecule has 0 aliphatic carbocycles. The number of allylic oxidation sites excluding steroid dienone is 1. The van der Waals surface area contributed by atoms with Crippen LogP contribution in [-0.2, 0) is 33.4 Å². The summed E-state index contributed by atoms with van der Waals surface area (Å²) >= 11 is 0. The van der Waals surface area contributed by atoms with Gasteiger partial charge in [0.1, 0.15) is 6.61 Å². The monoisotopic (exact) mass is 407 g/mol. The molecule has 2 aliphatic rings. The van der Waals surface area contributed by atoms with Crippen molar-refractivity contribution in [2.75, 3.05) is 26.7 Å². The number of ketones is 1. The summed E-state index contributed by atoms with van der Waals surface area (Å²) in [4.78, 5) is 52.1. The fraction of sp³-hybridized carbons (Fsp3) is 0.619. The van der Waals surface area contributed by atoms with Gasteiger partial charge in [0.05, 0.1) is 0 Å². The highest BCUT2D eigenvalue weighted by atomic mass is 16.6. The van der Waals surface area contributed by atoms with Gasteiger partial charge in [-0.2, -0.15) is 0 Å². The number of cyclic esters (lactones) is 1. The van der Waals surface area contributed by atoms with E-state index in [1.54, 1.807) is 26.0 Å². The summed E-state index contributed by atoms with van der Waals surface area (Å²) in [6, 6.07) is 0. The second kappa shape index (κ2) is 9.35. The van der Waals surface area contributed by atoms with E-state index in [4.69, 9.17) is 14.2 Å². The Balaban J connectivity index is 2.48. The van der Waals surface area contributed by atoms with Crippen LogP contribution in [0.1, 0.15) is 40.5 Å².